The molecule has 0 amide bonds. The van der Waals surface area contributed by atoms with Gasteiger partial charge in [-0.25, -0.2) is 0 Å². The second-order valence-corrected chi connectivity index (χ2v) is 6.11. The van der Waals surface area contributed by atoms with Gasteiger partial charge in [0.25, 0.3) is 0 Å². The van der Waals surface area contributed by atoms with E-state index in [2.05, 4.69) is 55.3 Å². The first-order valence-electron chi connectivity index (χ1n) is 7.55. The van der Waals surface area contributed by atoms with E-state index < -0.39 is 0 Å². The molecule has 3 rings (SSSR count). The van der Waals surface area contributed by atoms with Crippen molar-refractivity contribution in [1.82, 2.24) is 0 Å². The fraction of sp³-hybridized carbons (Fsp3) is 0.444. The van der Waals surface area contributed by atoms with Crippen molar-refractivity contribution in [2.24, 2.45) is 0 Å². The van der Waals surface area contributed by atoms with Gasteiger partial charge in [0, 0.05) is 18.8 Å². The molecule has 0 saturated heterocycles. The SMILES string of the molecule is Cc1ccc2cc(N(C)C3CCC(O)CC3)ccc2c1. The summed E-state index contributed by atoms with van der Waals surface area (Å²) in [5.74, 6) is 0. The van der Waals surface area contributed by atoms with Crippen molar-refractivity contribution in [3.63, 3.8) is 0 Å². The first kappa shape index (κ1) is 13.4. The number of rotatable bonds is 2. The number of aliphatic hydroxyl groups excluding tert-OH is 1. The van der Waals surface area contributed by atoms with E-state index in [-0.39, 0.29) is 6.10 Å². The maximum absolute atomic E-state index is 9.63. The Labute approximate surface area is 121 Å². The van der Waals surface area contributed by atoms with Crippen molar-refractivity contribution in [3.8, 4) is 0 Å². The van der Waals surface area contributed by atoms with E-state index in [4.69, 9.17) is 0 Å². The fourth-order valence-corrected chi connectivity index (χ4v) is 3.23. The van der Waals surface area contributed by atoms with Gasteiger partial charge in [0.1, 0.15) is 0 Å². The Balaban J connectivity index is 1.84. The van der Waals surface area contributed by atoms with Gasteiger partial charge in [0.05, 0.1) is 6.10 Å². The molecule has 0 heterocycles. The lowest BCUT2D eigenvalue weighted by Gasteiger charge is -2.34. The zero-order valence-electron chi connectivity index (χ0n) is 12.3. The average molecular weight is 269 g/mol. The average Bonchev–Trinajstić information content (AvgIpc) is 2.47. The van der Waals surface area contributed by atoms with Crippen LogP contribution in [0.2, 0.25) is 0 Å². The molecule has 0 aliphatic heterocycles. The van der Waals surface area contributed by atoms with Crippen LogP contribution in [0.25, 0.3) is 10.8 Å². The highest BCUT2D eigenvalue weighted by Gasteiger charge is 2.22. The highest BCUT2D eigenvalue weighted by molar-refractivity contribution is 5.86. The molecular formula is C18H23NO. The molecule has 1 N–H and O–H groups in total. The zero-order valence-corrected chi connectivity index (χ0v) is 12.3. The molecule has 0 spiro atoms. The van der Waals surface area contributed by atoms with Crippen molar-refractivity contribution < 1.29 is 5.11 Å². The lowest BCUT2D eigenvalue weighted by Crippen LogP contribution is -2.36. The van der Waals surface area contributed by atoms with Gasteiger partial charge in [-0.1, -0.05) is 29.8 Å². The first-order chi connectivity index (χ1) is 9.63. The summed E-state index contributed by atoms with van der Waals surface area (Å²) >= 11 is 0. The monoisotopic (exact) mass is 269 g/mol. The number of anilines is 1. The number of aryl methyl sites for hydroxylation is 1. The minimum atomic E-state index is -0.0840. The molecule has 1 saturated carbocycles. The third-order valence-corrected chi connectivity index (χ3v) is 4.60. The molecule has 2 aromatic rings. The molecule has 2 nitrogen and oxygen atoms in total. The van der Waals surface area contributed by atoms with E-state index in [1.807, 2.05) is 0 Å². The van der Waals surface area contributed by atoms with Crippen LogP contribution >= 0.6 is 0 Å². The quantitative estimate of drug-likeness (QED) is 0.894. The number of fused-ring (bicyclic) bond motifs is 1. The van der Waals surface area contributed by atoms with Crippen LogP contribution in [0.5, 0.6) is 0 Å². The highest BCUT2D eigenvalue weighted by Crippen LogP contribution is 2.28. The molecule has 20 heavy (non-hydrogen) atoms. The van der Waals surface area contributed by atoms with Crippen molar-refractivity contribution in [3.05, 3.63) is 42.0 Å². The summed E-state index contributed by atoms with van der Waals surface area (Å²) in [6, 6.07) is 13.9. The van der Waals surface area contributed by atoms with Crippen molar-refractivity contribution in [1.29, 1.82) is 0 Å². The largest absolute Gasteiger partial charge is 0.393 e. The van der Waals surface area contributed by atoms with Gasteiger partial charge in [-0.3, -0.25) is 0 Å². The molecule has 0 unspecified atom stereocenters. The molecule has 2 heteroatoms. The summed E-state index contributed by atoms with van der Waals surface area (Å²) in [4.78, 5) is 2.38. The van der Waals surface area contributed by atoms with Gasteiger partial charge in [-0.2, -0.15) is 0 Å². The van der Waals surface area contributed by atoms with Crippen LogP contribution in [0.4, 0.5) is 5.69 Å². The van der Waals surface area contributed by atoms with E-state index in [1.54, 1.807) is 0 Å². The van der Waals surface area contributed by atoms with Crippen molar-refractivity contribution >= 4 is 16.5 Å². The van der Waals surface area contributed by atoms with Crippen molar-refractivity contribution in [2.45, 2.75) is 44.8 Å². The molecule has 2 aromatic carbocycles. The molecule has 0 atom stereocenters. The summed E-state index contributed by atoms with van der Waals surface area (Å²) in [6.07, 6.45) is 3.95. The topological polar surface area (TPSA) is 23.5 Å². The van der Waals surface area contributed by atoms with E-state index >= 15 is 0 Å². The molecule has 1 aliphatic carbocycles. The second-order valence-electron chi connectivity index (χ2n) is 6.11. The highest BCUT2D eigenvalue weighted by atomic mass is 16.3. The van der Waals surface area contributed by atoms with Crippen LogP contribution in [-0.2, 0) is 0 Å². The number of benzene rings is 2. The standard InChI is InChI=1S/C18H23NO/c1-13-3-4-15-12-17(6-5-14(15)11-13)19(2)16-7-9-18(20)10-8-16/h3-6,11-12,16,18,20H,7-10H2,1-2H3. The maximum atomic E-state index is 9.63. The molecule has 106 valence electrons. The van der Waals surface area contributed by atoms with Gasteiger partial charge in [-0.15, -0.1) is 0 Å². The Morgan fingerprint density at radius 2 is 1.60 bits per heavy atom. The van der Waals surface area contributed by atoms with E-state index in [0.717, 1.165) is 25.7 Å². The van der Waals surface area contributed by atoms with E-state index in [0.29, 0.717) is 6.04 Å². The molecule has 1 fully saturated rings. The Bertz CT molecular complexity index is 599. The summed E-state index contributed by atoms with van der Waals surface area (Å²) in [5, 5.41) is 12.2. The first-order valence-corrected chi connectivity index (χ1v) is 7.55. The van der Waals surface area contributed by atoms with E-state index in [9.17, 15) is 5.11 Å². The molecule has 0 bridgehead atoms. The van der Waals surface area contributed by atoms with Gasteiger partial charge < -0.3 is 10.0 Å². The number of aliphatic hydroxyl groups is 1. The van der Waals surface area contributed by atoms with Gasteiger partial charge in [-0.05, 0) is 55.5 Å². The van der Waals surface area contributed by atoms with Crippen LogP contribution in [0.1, 0.15) is 31.2 Å². The Hall–Kier alpha value is -1.54. The van der Waals surface area contributed by atoms with Gasteiger partial charge >= 0.3 is 0 Å². The third-order valence-electron chi connectivity index (χ3n) is 4.60. The van der Waals surface area contributed by atoms with Crippen LogP contribution in [0.15, 0.2) is 36.4 Å². The van der Waals surface area contributed by atoms with Gasteiger partial charge in [0.15, 0.2) is 0 Å². The summed E-state index contributed by atoms with van der Waals surface area (Å²) in [6.45, 7) is 2.13. The molecular weight excluding hydrogens is 246 g/mol. The third kappa shape index (κ3) is 2.66. The minimum Gasteiger partial charge on any atom is -0.393 e. The van der Waals surface area contributed by atoms with Crippen LogP contribution in [0, 0.1) is 6.92 Å². The smallest absolute Gasteiger partial charge is 0.0541 e. The van der Waals surface area contributed by atoms with Crippen LogP contribution in [-0.4, -0.2) is 24.3 Å². The molecule has 0 aromatic heterocycles. The summed E-state index contributed by atoms with van der Waals surface area (Å²) in [7, 11) is 2.18. The van der Waals surface area contributed by atoms with Crippen LogP contribution in [0.3, 0.4) is 0 Å². The van der Waals surface area contributed by atoms with E-state index in [1.165, 1.54) is 22.0 Å². The predicted molar refractivity (Wildman–Crippen MR) is 85.4 cm³/mol. The Kier molecular flexibility index (Phi) is 3.66. The zero-order chi connectivity index (χ0) is 14.1. The summed E-state index contributed by atoms with van der Waals surface area (Å²) in [5.41, 5.74) is 2.59. The molecule has 0 radical (unpaired) electrons. The van der Waals surface area contributed by atoms with Crippen molar-refractivity contribution in [2.75, 3.05) is 11.9 Å². The lowest BCUT2D eigenvalue weighted by atomic mass is 9.92. The summed E-state index contributed by atoms with van der Waals surface area (Å²) < 4.78 is 0. The normalized spacial score (nSPS) is 22.9. The van der Waals surface area contributed by atoms with Crippen LogP contribution < -0.4 is 4.90 Å². The van der Waals surface area contributed by atoms with Gasteiger partial charge in [0.2, 0.25) is 0 Å². The lowest BCUT2D eigenvalue weighted by molar-refractivity contribution is 0.122. The predicted octanol–water partition coefficient (Wildman–Crippen LogP) is 3.89. The number of hydrogen-bond donors (Lipinski definition) is 1. The number of nitrogens with zero attached hydrogens (tertiary/aromatic N) is 1. The fourth-order valence-electron chi connectivity index (χ4n) is 3.23. The molecule has 1 aliphatic rings. The second kappa shape index (κ2) is 5.45. The maximum Gasteiger partial charge on any atom is 0.0541 e. The Morgan fingerprint density at radius 3 is 2.35 bits per heavy atom. The minimum absolute atomic E-state index is 0.0840. The Morgan fingerprint density at radius 1 is 0.950 bits per heavy atom. The number of hydrogen-bond acceptors (Lipinski definition) is 2.